The molecule has 9 heteroatoms. The van der Waals surface area contributed by atoms with Crippen LogP contribution in [-0.2, 0) is 0 Å². The molecule has 1 N–H and O–H groups in total. The maximum Gasteiger partial charge on any atom is 0.263 e. The molecule has 1 aromatic heterocycles. The second-order valence-electron chi connectivity index (χ2n) is 19.4. The van der Waals surface area contributed by atoms with Gasteiger partial charge in [0, 0.05) is 61.4 Å². The Labute approximate surface area is 394 Å². The van der Waals surface area contributed by atoms with Crippen LogP contribution in [0.25, 0.3) is 65.5 Å². The second-order valence-corrected chi connectivity index (χ2v) is 19.4. The number of aromatic nitrogens is 2. The number of amides is 4. The topological polar surface area (TPSA) is 121 Å². The summed E-state index contributed by atoms with van der Waals surface area (Å²) >= 11 is 0. The molecule has 0 fully saturated rings. The van der Waals surface area contributed by atoms with Gasteiger partial charge in [-0.3, -0.25) is 33.8 Å². The van der Waals surface area contributed by atoms with Crippen LogP contribution in [-0.4, -0.2) is 61.8 Å². The lowest BCUT2D eigenvalue weighted by molar-refractivity contribution is 0.0502. The van der Waals surface area contributed by atoms with Crippen molar-refractivity contribution in [1.29, 1.82) is 0 Å². The van der Waals surface area contributed by atoms with Gasteiger partial charge in [-0.15, -0.1) is 0 Å². The first-order chi connectivity index (χ1) is 32.8. The highest BCUT2D eigenvalue weighted by Gasteiger charge is 2.42. The number of imidazole rings is 1. The summed E-state index contributed by atoms with van der Waals surface area (Å²) in [5.41, 5.74) is 4.40. The number of unbranched alkanes of at least 4 members (excludes halogenated alkanes) is 12. The number of aromatic amines is 1. The Balaban J connectivity index is 1.25. The van der Waals surface area contributed by atoms with E-state index < -0.39 is 0 Å². The summed E-state index contributed by atoms with van der Waals surface area (Å²) in [6, 6.07) is 18.4. The quantitative estimate of drug-likeness (QED) is 0.0212. The Morgan fingerprint density at radius 3 is 1.40 bits per heavy atom. The first-order valence-electron chi connectivity index (χ1n) is 25.7. The number of fused-ring (bicyclic) bond motifs is 5. The normalized spacial score (nSPS) is 14.1. The molecule has 9 nitrogen and oxygen atoms in total. The van der Waals surface area contributed by atoms with Gasteiger partial charge < -0.3 is 4.98 Å². The van der Waals surface area contributed by atoms with E-state index in [1.54, 1.807) is 21.9 Å². The predicted octanol–water partition coefficient (Wildman–Crippen LogP) is 14.9. The van der Waals surface area contributed by atoms with Crippen molar-refractivity contribution < 1.29 is 24.0 Å². The summed E-state index contributed by atoms with van der Waals surface area (Å²) in [4.78, 5) is 84.0. The highest BCUT2D eigenvalue weighted by atomic mass is 16.2. The van der Waals surface area contributed by atoms with Crippen LogP contribution in [0.3, 0.4) is 0 Å². The van der Waals surface area contributed by atoms with Gasteiger partial charge in [0.2, 0.25) is 0 Å². The molecule has 67 heavy (non-hydrogen) atoms. The van der Waals surface area contributed by atoms with Gasteiger partial charge >= 0.3 is 0 Å². The molecule has 348 valence electrons. The SMILES string of the molecule is CCCCCCC(CCCCCC)N1C(=O)c2ccc3c4ccc5c6c(c7[nH]c(-c8ccc(C=O)cc8)nc7c(c7ccc(c2c37)C1=O)c64)C(=O)N(C(CCCCCC)CCCCCC)C5=O. The van der Waals surface area contributed by atoms with E-state index in [1.165, 1.54) is 0 Å². The van der Waals surface area contributed by atoms with Gasteiger partial charge in [0.25, 0.3) is 23.6 Å². The molecule has 0 bridgehead atoms. The minimum absolute atomic E-state index is 0.175. The highest BCUT2D eigenvalue weighted by molar-refractivity contribution is 6.45. The summed E-state index contributed by atoms with van der Waals surface area (Å²) in [5, 5.41) is 6.12. The molecule has 7 aromatic rings. The third kappa shape index (κ3) is 8.20. The van der Waals surface area contributed by atoms with Crippen LogP contribution in [0.2, 0.25) is 0 Å². The zero-order valence-electron chi connectivity index (χ0n) is 40.0. The van der Waals surface area contributed by atoms with Crippen LogP contribution in [0.4, 0.5) is 0 Å². The average Bonchev–Trinajstić information content (AvgIpc) is 3.79. The molecule has 2 aliphatic heterocycles. The Morgan fingerprint density at radius 2 is 0.925 bits per heavy atom. The molecular formula is C58H66N4O5. The number of carbonyl (C=O) groups is 5. The maximum atomic E-state index is 15.5. The van der Waals surface area contributed by atoms with E-state index in [9.17, 15) is 14.4 Å². The summed E-state index contributed by atoms with van der Waals surface area (Å²) < 4.78 is 0. The van der Waals surface area contributed by atoms with Crippen LogP contribution in [0.5, 0.6) is 0 Å². The van der Waals surface area contributed by atoms with Crippen molar-refractivity contribution in [2.45, 2.75) is 168 Å². The number of nitrogens with one attached hydrogen (secondary N) is 1. The molecule has 0 unspecified atom stereocenters. The smallest absolute Gasteiger partial charge is 0.263 e. The largest absolute Gasteiger partial charge is 0.337 e. The molecule has 0 atom stereocenters. The number of benzene rings is 6. The van der Waals surface area contributed by atoms with Crippen molar-refractivity contribution in [1.82, 2.24) is 19.8 Å². The zero-order chi connectivity index (χ0) is 46.8. The summed E-state index contributed by atoms with van der Waals surface area (Å²) in [7, 11) is 0. The van der Waals surface area contributed by atoms with E-state index in [0.717, 1.165) is 173 Å². The summed E-state index contributed by atoms with van der Waals surface area (Å²) in [5.74, 6) is -0.520. The van der Waals surface area contributed by atoms with E-state index >= 15 is 9.59 Å². The molecule has 2 aliphatic rings. The molecular weight excluding hydrogens is 833 g/mol. The number of imide groups is 2. The molecule has 3 heterocycles. The Hall–Kier alpha value is -5.96. The fourth-order valence-corrected chi connectivity index (χ4v) is 11.5. The molecule has 6 aromatic carbocycles. The van der Waals surface area contributed by atoms with Gasteiger partial charge in [-0.2, -0.15) is 0 Å². The lowest BCUT2D eigenvalue weighted by atomic mass is 9.81. The Bertz CT molecular complexity index is 2950. The van der Waals surface area contributed by atoms with Gasteiger partial charge in [0.15, 0.2) is 0 Å². The second kappa shape index (κ2) is 20.1. The lowest BCUT2D eigenvalue weighted by Crippen LogP contribution is -2.47. The van der Waals surface area contributed by atoms with Crippen LogP contribution in [0.1, 0.15) is 208 Å². The zero-order valence-corrected chi connectivity index (χ0v) is 40.0. The number of hydrogen-bond acceptors (Lipinski definition) is 6. The number of nitrogens with zero attached hydrogens (tertiary/aromatic N) is 3. The van der Waals surface area contributed by atoms with E-state index in [2.05, 4.69) is 32.7 Å². The number of hydrogen-bond donors (Lipinski definition) is 1. The molecule has 0 saturated heterocycles. The van der Waals surface area contributed by atoms with E-state index in [0.29, 0.717) is 55.4 Å². The number of H-pyrrole nitrogens is 1. The van der Waals surface area contributed by atoms with Crippen LogP contribution >= 0.6 is 0 Å². The maximum absolute atomic E-state index is 15.5. The van der Waals surface area contributed by atoms with Crippen molar-refractivity contribution in [3.8, 4) is 11.4 Å². The minimum atomic E-state index is -0.306. The minimum Gasteiger partial charge on any atom is -0.337 e. The first kappa shape index (κ1) is 46.2. The molecule has 4 amide bonds. The summed E-state index contributed by atoms with van der Waals surface area (Å²) in [6.45, 7) is 8.77. The third-order valence-corrected chi connectivity index (χ3v) is 15.0. The van der Waals surface area contributed by atoms with Gasteiger partial charge in [0.05, 0.1) is 16.6 Å². The molecule has 0 aliphatic carbocycles. The molecule has 0 radical (unpaired) electrons. The Morgan fingerprint density at radius 1 is 0.478 bits per heavy atom. The predicted molar refractivity (Wildman–Crippen MR) is 272 cm³/mol. The number of aldehydes is 1. The summed E-state index contributed by atoms with van der Waals surface area (Å²) in [6.07, 6.45) is 20.9. The van der Waals surface area contributed by atoms with Gasteiger partial charge in [0.1, 0.15) is 12.1 Å². The fraction of sp³-hybridized carbons (Fsp3) is 0.448. The van der Waals surface area contributed by atoms with E-state index in [4.69, 9.17) is 4.98 Å². The Kier molecular flexibility index (Phi) is 13.8. The van der Waals surface area contributed by atoms with Crippen molar-refractivity contribution in [3.05, 3.63) is 88.5 Å². The van der Waals surface area contributed by atoms with Gasteiger partial charge in [-0.05, 0) is 65.4 Å². The van der Waals surface area contributed by atoms with E-state index in [1.807, 2.05) is 48.5 Å². The van der Waals surface area contributed by atoms with Crippen molar-refractivity contribution in [2.24, 2.45) is 0 Å². The van der Waals surface area contributed by atoms with Crippen molar-refractivity contribution in [2.75, 3.05) is 0 Å². The molecule has 0 spiro atoms. The van der Waals surface area contributed by atoms with Crippen LogP contribution in [0, 0.1) is 0 Å². The van der Waals surface area contributed by atoms with E-state index in [-0.39, 0.29) is 35.7 Å². The third-order valence-electron chi connectivity index (χ3n) is 15.0. The first-order valence-corrected chi connectivity index (χ1v) is 25.7. The highest BCUT2D eigenvalue weighted by Crippen LogP contribution is 2.50. The number of rotatable bonds is 24. The lowest BCUT2D eigenvalue weighted by Gasteiger charge is -2.35. The average molecular weight is 899 g/mol. The van der Waals surface area contributed by atoms with Crippen LogP contribution < -0.4 is 0 Å². The van der Waals surface area contributed by atoms with Crippen molar-refractivity contribution in [3.63, 3.8) is 0 Å². The number of carbonyl (C=O) groups excluding carboxylic acids is 5. The van der Waals surface area contributed by atoms with Crippen LogP contribution in [0.15, 0.2) is 60.7 Å². The monoisotopic (exact) mass is 899 g/mol. The fourth-order valence-electron chi connectivity index (χ4n) is 11.5. The molecule has 9 rings (SSSR count). The molecule has 0 saturated carbocycles. The van der Waals surface area contributed by atoms with Gasteiger partial charge in [-0.25, -0.2) is 4.98 Å². The van der Waals surface area contributed by atoms with Gasteiger partial charge in [-0.1, -0.05) is 173 Å². The standard InChI is InChI=1S/C58H66N4O5/c1-5-9-13-17-21-38(22-18-14-10-6-2)61-55(64)43-32-29-40-41-30-33-45-49-48(41)50(42-31-34-44(56(61)65)47(43)46(40)42)52-53(60-54(59-52)37-27-25-36(35-63)26-28-37)51(49)58(67)62(57(45)66)39(23-19-15-11-7-3)24-20-16-12-8-4/h25-35,38-39H,5-24H2,1-4H3,(H,59,60). The van der Waals surface area contributed by atoms with Crippen molar-refractivity contribution >= 4 is 84.0 Å².